The molecule has 0 atom stereocenters. The number of nitrogens with two attached hydrogens (primary N) is 1. The van der Waals surface area contributed by atoms with Gasteiger partial charge in [-0.1, -0.05) is 6.07 Å². The van der Waals surface area contributed by atoms with Gasteiger partial charge >= 0.3 is 6.18 Å². The Kier molecular flexibility index (Phi) is 5.13. The molecule has 0 spiro atoms. The number of piperidine rings is 1. The summed E-state index contributed by atoms with van der Waals surface area (Å²) in [5.41, 5.74) is 8.24. The summed E-state index contributed by atoms with van der Waals surface area (Å²) >= 11 is 1.19. The lowest BCUT2D eigenvalue weighted by molar-refractivity contribution is -0.136. The second kappa shape index (κ2) is 7.86. The zero-order valence-electron chi connectivity index (χ0n) is 17.3. The van der Waals surface area contributed by atoms with Crippen molar-refractivity contribution < 1.29 is 13.2 Å². The van der Waals surface area contributed by atoms with Crippen molar-refractivity contribution in [1.82, 2.24) is 25.1 Å². The first-order valence-electron chi connectivity index (χ1n) is 10.3. The lowest BCUT2D eigenvalue weighted by Gasteiger charge is -2.22. The molecule has 0 saturated carbocycles. The van der Waals surface area contributed by atoms with E-state index in [2.05, 4.69) is 20.4 Å². The van der Waals surface area contributed by atoms with Crippen LogP contribution in [0.15, 0.2) is 36.8 Å². The smallest absolute Gasteiger partial charge is 0.383 e. The van der Waals surface area contributed by atoms with Gasteiger partial charge in [-0.15, -0.1) is 11.3 Å². The number of rotatable bonds is 3. The van der Waals surface area contributed by atoms with Crippen LogP contribution in [-0.2, 0) is 6.18 Å². The predicted octanol–water partition coefficient (Wildman–Crippen LogP) is 5.06. The minimum Gasteiger partial charge on any atom is -0.383 e. The number of nitrogens with zero attached hydrogens (tertiary/aromatic N) is 4. The highest BCUT2D eigenvalue weighted by Crippen LogP contribution is 2.41. The van der Waals surface area contributed by atoms with Crippen LogP contribution < -0.4 is 11.1 Å². The van der Waals surface area contributed by atoms with Crippen molar-refractivity contribution in [2.45, 2.75) is 32.0 Å². The maximum Gasteiger partial charge on any atom is 0.418 e. The van der Waals surface area contributed by atoms with Gasteiger partial charge in [-0.2, -0.15) is 18.3 Å². The summed E-state index contributed by atoms with van der Waals surface area (Å²) < 4.78 is 43.0. The summed E-state index contributed by atoms with van der Waals surface area (Å²) in [4.78, 5) is 8.63. The average Bonchev–Trinajstić information content (AvgIpc) is 3.42. The van der Waals surface area contributed by atoms with E-state index in [1.165, 1.54) is 17.4 Å². The number of alkyl halides is 3. The quantitative estimate of drug-likeness (QED) is 0.449. The fourth-order valence-electron chi connectivity index (χ4n) is 4.04. The molecule has 1 fully saturated rings. The van der Waals surface area contributed by atoms with Crippen LogP contribution in [0.4, 0.5) is 19.0 Å². The Bertz CT molecular complexity index is 1290. The van der Waals surface area contributed by atoms with Crippen LogP contribution in [0.2, 0.25) is 0 Å². The van der Waals surface area contributed by atoms with Crippen LogP contribution >= 0.6 is 11.3 Å². The summed E-state index contributed by atoms with van der Waals surface area (Å²) in [7, 11) is 0. The predicted molar refractivity (Wildman–Crippen MR) is 119 cm³/mol. The van der Waals surface area contributed by atoms with Crippen molar-refractivity contribution in [3.8, 4) is 21.7 Å². The number of aryl methyl sites for hydroxylation is 1. The Labute approximate surface area is 186 Å². The molecular formula is C22H21F3N6S. The highest BCUT2D eigenvalue weighted by atomic mass is 32.1. The van der Waals surface area contributed by atoms with Crippen LogP contribution in [0.25, 0.3) is 31.9 Å². The highest BCUT2D eigenvalue weighted by Gasteiger charge is 2.34. The lowest BCUT2D eigenvalue weighted by atomic mass is 10.1. The number of hydrogen-bond donors (Lipinski definition) is 2. The van der Waals surface area contributed by atoms with Crippen molar-refractivity contribution in [3.05, 3.63) is 47.9 Å². The molecule has 1 aliphatic rings. The molecule has 32 heavy (non-hydrogen) atoms. The molecule has 166 valence electrons. The number of halogens is 3. The largest absolute Gasteiger partial charge is 0.418 e. The summed E-state index contributed by atoms with van der Waals surface area (Å²) in [5.74, 6) is 0.227. The van der Waals surface area contributed by atoms with Crippen molar-refractivity contribution >= 4 is 27.4 Å². The van der Waals surface area contributed by atoms with Crippen LogP contribution in [-0.4, -0.2) is 32.8 Å². The number of aromatic nitrogens is 4. The number of fused-ring (bicyclic) bond motifs is 1. The van der Waals surface area contributed by atoms with Gasteiger partial charge in [0.05, 0.1) is 33.6 Å². The first-order chi connectivity index (χ1) is 15.3. The minimum absolute atomic E-state index is 0.0546. The Morgan fingerprint density at radius 3 is 2.69 bits per heavy atom. The molecule has 3 aromatic heterocycles. The molecule has 4 aromatic rings. The van der Waals surface area contributed by atoms with Crippen molar-refractivity contribution in [2.24, 2.45) is 0 Å². The summed E-state index contributed by atoms with van der Waals surface area (Å²) in [6, 6.07) is 4.72. The fourth-order valence-corrected chi connectivity index (χ4v) is 5.12. The van der Waals surface area contributed by atoms with E-state index < -0.39 is 11.7 Å². The van der Waals surface area contributed by atoms with Gasteiger partial charge in [0.25, 0.3) is 0 Å². The van der Waals surface area contributed by atoms with Crippen LogP contribution in [0.5, 0.6) is 0 Å². The molecule has 1 saturated heterocycles. The van der Waals surface area contributed by atoms with E-state index in [4.69, 9.17) is 5.73 Å². The molecule has 0 amide bonds. The van der Waals surface area contributed by atoms with Crippen LogP contribution in [0.1, 0.15) is 30.0 Å². The molecule has 5 rings (SSSR count). The van der Waals surface area contributed by atoms with E-state index in [-0.39, 0.29) is 11.3 Å². The van der Waals surface area contributed by atoms with Gasteiger partial charge in [-0.05, 0) is 50.6 Å². The second-order valence-corrected chi connectivity index (χ2v) is 8.97. The van der Waals surface area contributed by atoms with Gasteiger partial charge in [-0.3, -0.25) is 4.68 Å². The summed E-state index contributed by atoms with van der Waals surface area (Å²) in [6.07, 6.45) is 2.97. The van der Waals surface area contributed by atoms with Crippen molar-refractivity contribution in [2.75, 3.05) is 18.8 Å². The average molecular weight is 459 g/mol. The molecule has 1 aromatic carbocycles. The topological polar surface area (TPSA) is 81.7 Å². The van der Waals surface area contributed by atoms with Gasteiger partial charge in [0, 0.05) is 23.5 Å². The summed E-state index contributed by atoms with van der Waals surface area (Å²) in [6.45, 7) is 3.70. The third-order valence-electron chi connectivity index (χ3n) is 5.81. The monoisotopic (exact) mass is 458 g/mol. The van der Waals surface area contributed by atoms with E-state index in [1.807, 2.05) is 16.9 Å². The zero-order chi connectivity index (χ0) is 22.5. The van der Waals surface area contributed by atoms with Gasteiger partial charge in [0.2, 0.25) is 0 Å². The molecule has 10 heteroatoms. The van der Waals surface area contributed by atoms with Crippen LogP contribution in [0.3, 0.4) is 0 Å². The maximum atomic E-state index is 13.5. The molecule has 4 heterocycles. The number of thiazole rings is 1. The van der Waals surface area contributed by atoms with Crippen molar-refractivity contribution in [1.29, 1.82) is 0 Å². The minimum atomic E-state index is -4.48. The first-order valence-corrected chi connectivity index (χ1v) is 11.1. The van der Waals surface area contributed by atoms with Gasteiger partial charge in [0.1, 0.15) is 10.8 Å². The normalized spacial score (nSPS) is 15.5. The third kappa shape index (κ3) is 3.73. The number of hydrogen-bond acceptors (Lipinski definition) is 6. The highest BCUT2D eigenvalue weighted by molar-refractivity contribution is 7.22. The lowest BCUT2D eigenvalue weighted by Crippen LogP contribution is -2.29. The standard InChI is InChI=1S/C22H21F3N6S/c1-12-2-3-17(22(23,24)25)18-19(12)32-21(30-18)16-8-13(9-28-20(16)26)14-10-29-31(11-14)15-4-6-27-7-5-15/h2-3,8-11,15,27H,4-7H2,1H3,(H2,26,28). The van der Waals surface area contributed by atoms with Gasteiger partial charge in [-0.25, -0.2) is 9.97 Å². The zero-order valence-corrected chi connectivity index (χ0v) is 18.1. The first kappa shape index (κ1) is 20.9. The molecule has 1 aliphatic heterocycles. The molecule has 0 bridgehead atoms. The molecule has 0 unspecified atom stereocenters. The number of pyridine rings is 1. The van der Waals surface area contributed by atoms with E-state index in [9.17, 15) is 13.2 Å². The van der Waals surface area contributed by atoms with E-state index in [0.29, 0.717) is 21.3 Å². The Morgan fingerprint density at radius 1 is 1.16 bits per heavy atom. The second-order valence-electron chi connectivity index (χ2n) is 7.97. The van der Waals surface area contributed by atoms with Crippen LogP contribution in [0, 0.1) is 6.92 Å². The number of benzene rings is 1. The molecule has 6 nitrogen and oxygen atoms in total. The van der Waals surface area contributed by atoms with Gasteiger partial charge in [0.15, 0.2) is 0 Å². The van der Waals surface area contributed by atoms with E-state index >= 15 is 0 Å². The number of nitrogens with one attached hydrogen (secondary N) is 1. The number of anilines is 1. The van der Waals surface area contributed by atoms with E-state index in [0.717, 1.165) is 48.7 Å². The molecular weight excluding hydrogens is 437 g/mol. The SMILES string of the molecule is Cc1ccc(C(F)(F)F)c2nc(-c3cc(-c4cnn(C5CCNCC5)c4)cnc3N)sc12. The Hall–Kier alpha value is -2.98. The maximum absolute atomic E-state index is 13.5. The summed E-state index contributed by atoms with van der Waals surface area (Å²) in [5, 5.41) is 8.27. The molecule has 0 aliphatic carbocycles. The molecule has 3 N–H and O–H groups in total. The molecule has 0 radical (unpaired) electrons. The fraction of sp³-hybridized carbons (Fsp3) is 0.318. The Morgan fingerprint density at radius 2 is 1.94 bits per heavy atom. The third-order valence-corrected chi connectivity index (χ3v) is 7.04. The van der Waals surface area contributed by atoms with Crippen molar-refractivity contribution in [3.63, 3.8) is 0 Å². The van der Waals surface area contributed by atoms with E-state index in [1.54, 1.807) is 19.3 Å². The Balaban J connectivity index is 1.56. The number of nitrogen functional groups attached to an aromatic ring is 1. The van der Waals surface area contributed by atoms with Gasteiger partial charge < -0.3 is 11.1 Å².